The fraction of sp³-hybridized carbons (Fsp3) is 0.250. The molecule has 12 heteroatoms. The first-order chi connectivity index (χ1) is 14.8. The number of alkyl halides is 3. The van der Waals surface area contributed by atoms with Crippen molar-refractivity contribution in [3.63, 3.8) is 0 Å². The molecule has 0 aliphatic rings. The molecule has 0 unspecified atom stereocenters. The molecule has 0 aliphatic heterocycles. The van der Waals surface area contributed by atoms with E-state index >= 15 is 0 Å². The molecular formula is C20H17F3N2O6S. The summed E-state index contributed by atoms with van der Waals surface area (Å²) in [7, 11) is -3.90. The van der Waals surface area contributed by atoms with E-state index in [0.717, 1.165) is 23.1 Å². The zero-order chi connectivity index (χ0) is 23.8. The van der Waals surface area contributed by atoms with E-state index in [2.05, 4.69) is 9.84 Å². The van der Waals surface area contributed by atoms with E-state index in [4.69, 9.17) is 4.74 Å². The number of esters is 1. The lowest BCUT2D eigenvalue weighted by Gasteiger charge is -2.15. The van der Waals surface area contributed by atoms with Gasteiger partial charge in [-0.15, -0.1) is 13.2 Å². The Balaban J connectivity index is 2.37. The Morgan fingerprint density at radius 2 is 1.75 bits per heavy atom. The summed E-state index contributed by atoms with van der Waals surface area (Å²) in [6, 6.07) is 7.36. The number of aromatic nitrogens is 2. The Kier molecular flexibility index (Phi) is 6.00. The summed E-state index contributed by atoms with van der Waals surface area (Å²) in [5.74, 6) is -1.56. The first-order valence-electron chi connectivity index (χ1n) is 9.13. The van der Waals surface area contributed by atoms with Crippen LogP contribution in [0.2, 0.25) is 0 Å². The second-order valence-electron chi connectivity index (χ2n) is 6.73. The fourth-order valence-corrected chi connectivity index (χ4v) is 4.41. The van der Waals surface area contributed by atoms with Crippen molar-refractivity contribution in [2.75, 3.05) is 12.9 Å². The van der Waals surface area contributed by atoms with Gasteiger partial charge in [0.25, 0.3) is 0 Å². The molecule has 0 radical (unpaired) electrons. The van der Waals surface area contributed by atoms with Gasteiger partial charge in [-0.25, -0.2) is 17.9 Å². The lowest BCUT2D eigenvalue weighted by molar-refractivity contribution is -0.274. The molecule has 1 heterocycles. The summed E-state index contributed by atoms with van der Waals surface area (Å²) >= 11 is 0. The third-order valence-corrected chi connectivity index (χ3v) is 5.63. The quantitative estimate of drug-likeness (QED) is 0.528. The maximum absolute atomic E-state index is 13.1. The van der Waals surface area contributed by atoms with Crippen molar-refractivity contribution in [3.05, 3.63) is 57.9 Å². The molecule has 0 spiro atoms. The standard InChI is InChI=1S/C20H17F3N2O6S/c1-4-30-19(27)16-17(26)15-14(10-5-11(2)18(15)32(3,28)29)25(24-16)12-6-8-13(9-7-12)31-20(21,22)23/h5-10H,4H2,1-3H3. The highest BCUT2D eigenvalue weighted by molar-refractivity contribution is 7.91. The number of fused-ring (bicyclic) bond motifs is 1. The molecule has 2 aromatic carbocycles. The molecule has 170 valence electrons. The molecular weight excluding hydrogens is 453 g/mol. The van der Waals surface area contributed by atoms with Gasteiger partial charge in [0.15, 0.2) is 9.84 Å². The molecule has 0 amide bonds. The zero-order valence-electron chi connectivity index (χ0n) is 17.1. The number of hydrogen-bond acceptors (Lipinski definition) is 7. The minimum Gasteiger partial charge on any atom is -0.461 e. The predicted molar refractivity (Wildman–Crippen MR) is 108 cm³/mol. The van der Waals surface area contributed by atoms with Crippen molar-refractivity contribution in [1.29, 1.82) is 0 Å². The maximum Gasteiger partial charge on any atom is 0.573 e. The first-order valence-corrected chi connectivity index (χ1v) is 11.0. The Labute approximate surface area is 180 Å². The molecule has 0 bridgehead atoms. The second-order valence-corrected chi connectivity index (χ2v) is 8.68. The van der Waals surface area contributed by atoms with Gasteiger partial charge in [0.05, 0.1) is 28.1 Å². The molecule has 3 aromatic rings. The van der Waals surface area contributed by atoms with Gasteiger partial charge < -0.3 is 9.47 Å². The van der Waals surface area contributed by atoms with Gasteiger partial charge in [-0.05, 0) is 49.7 Å². The zero-order valence-corrected chi connectivity index (χ0v) is 17.9. The minimum atomic E-state index is -4.89. The molecule has 0 N–H and O–H groups in total. The molecule has 32 heavy (non-hydrogen) atoms. The number of carbonyl (C=O) groups is 1. The van der Waals surface area contributed by atoms with Crippen LogP contribution in [-0.4, -0.2) is 43.4 Å². The maximum atomic E-state index is 13.1. The highest BCUT2D eigenvalue weighted by Crippen LogP contribution is 2.28. The van der Waals surface area contributed by atoms with E-state index in [9.17, 15) is 31.2 Å². The number of aryl methyl sites for hydroxylation is 1. The van der Waals surface area contributed by atoms with Crippen LogP contribution in [0.5, 0.6) is 5.75 Å². The number of benzene rings is 2. The van der Waals surface area contributed by atoms with Gasteiger partial charge in [0.2, 0.25) is 11.1 Å². The van der Waals surface area contributed by atoms with Crippen LogP contribution in [-0.2, 0) is 14.6 Å². The highest BCUT2D eigenvalue weighted by atomic mass is 32.2. The predicted octanol–water partition coefficient (Wildman–Crippen LogP) is 3.17. The topological polar surface area (TPSA) is 105 Å². The number of carbonyl (C=O) groups excluding carboxylic acids is 1. The van der Waals surface area contributed by atoms with E-state index in [1.54, 1.807) is 0 Å². The number of rotatable bonds is 5. The number of ether oxygens (including phenoxy) is 2. The monoisotopic (exact) mass is 470 g/mol. The molecule has 0 fully saturated rings. The second kappa shape index (κ2) is 8.26. The SMILES string of the molecule is CCOC(=O)c1nn(-c2ccc(OC(F)(F)F)cc2)c2ccc(C)c(S(C)(=O)=O)c2c1=O. The van der Waals surface area contributed by atoms with Gasteiger partial charge in [0, 0.05) is 6.26 Å². The van der Waals surface area contributed by atoms with Gasteiger partial charge in [-0.1, -0.05) is 6.07 Å². The summed E-state index contributed by atoms with van der Waals surface area (Å²) in [6.07, 6.45) is -3.96. The van der Waals surface area contributed by atoms with E-state index in [1.165, 1.54) is 38.1 Å². The van der Waals surface area contributed by atoms with Crippen molar-refractivity contribution < 1.29 is 35.9 Å². The minimum absolute atomic E-state index is 0.0403. The van der Waals surface area contributed by atoms with Crippen LogP contribution < -0.4 is 10.2 Å². The molecule has 3 rings (SSSR count). The molecule has 0 atom stereocenters. The Morgan fingerprint density at radius 1 is 1.12 bits per heavy atom. The van der Waals surface area contributed by atoms with E-state index in [0.29, 0.717) is 0 Å². The largest absolute Gasteiger partial charge is 0.573 e. The highest BCUT2D eigenvalue weighted by Gasteiger charge is 2.31. The van der Waals surface area contributed by atoms with E-state index in [-0.39, 0.29) is 33.7 Å². The average molecular weight is 470 g/mol. The van der Waals surface area contributed by atoms with Crippen molar-refractivity contribution in [2.45, 2.75) is 25.1 Å². The van der Waals surface area contributed by atoms with Crippen molar-refractivity contribution in [3.8, 4) is 11.4 Å². The van der Waals surface area contributed by atoms with Crippen molar-refractivity contribution >= 4 is 26.7 Å². The number of hydrogen-bond donors (Lipinski definition) is 0. The number of nitrogens with zero attached hydrogens (tertiary/aromatic N) is 2. The molecule has 0 saturated heterocycles. The van der Waals surface area contributed by atoms with Crippen molar-refractivity contribution in [2.24, 2.45) is 0 Å². The Bertz CT molecular complexity index is 1360. The molecule has 1 aromatic heterocycles. The van der Waals surface area contributed by atoms with Crippen LogP contribution in [0, 0.1) is 6.92 Å². The normalized spacial score (nSPS) is 12.1. The molecule has 0 saturated carbocycles. The third kappa shape index (κ3) is 4.59. The molecule has 0 aliphatic carbocycles. The summed E-state index contributed by atoms with van der Waals surface area (Å²) < 4.78 is 72.0. The summed E-state index contributed by atoms with van der Waals surface area (Å²) in [5.41, 5.74) is -1.13. The third-order valence-electron chi connectivity index (χ3n) is 4.36. The number of halogens is 3. The number of sulfone groups is 1. The smallest absolute Gasteiger partial charge is 0.461 e. The van der Waals surface area contributed by atoms with Crippen molar-refractivity contribution in [1.82, 2.24) is 9.78 Å². The lowest BCUT2D eigenvalue weighted by atomic mass is 10.1. The fourth-order valence-electron chi connectivity index (χ4n) is 3.19. The Morgan fingerprint density at radius 3 is 2.28 bits per heavy atom. The summed E-state index contributed by atoms with van der Waals surface area (Å²) in [5, 5.41) is 3.74. The lowest BCUT2D eigenvalue weighted by Crippen LogP contribution is -2.25. The van der Waals surface area contributed by atoms with Gasteiger partial charge in [0.1, 0.15) is 5.75 Å². The van der Waals surface area contributed by atoms with Crippen LogP contribution >= 0.6 is 0 Å². The first kappa shape index (κ1) is 23.3. The van der Waals surface area contributed by atoms with Crippen LogP contribution in [0.3, 0.4) is 0 Å². The van der Waals surface area contributed by atoms with E-state index < -0.39 is 39.0 Å². The van der Waals surface area contributed by atoms with Crippen LogP contribution in [0.15, 0.2) is 46.1 Å². The summed E-state index contributed by atoms with van der Waals surface area (Å²) in [6.45, 7) is 2.95. The van der Waals surface area contributed by atoms with Gasteiger partial charge in [-0.2, -0.15) is 5.10 Å². The van der Waals surface area contributed by atoms with Gasteiger partial charge >= 0.3 is 12.3 Å². The van der Waals surface area contributed by atoms with Crippen LogP contribution in [0.4, 0.5) is 13.2 Å². The van der Waals surface area contributed by atoms with Gasteiger partial charge in [-0.3, -0.25) is 4.79 Å². The Hall–Kier alpha value is -3.41. The molecule has 8 nitrogen and oxygen atoms in total. The van der Waals surface area contributed by atoms with E-state index in [1.807, 2.05) is 0 Å². The van der Waals surface area contributed by atoms with Crippen LogP contribution in [0.25, 0.3) is 16.6 Å². The van der Waals surface area contributed by atoms with Crippen LogP contribution in [0.1, 0.15) is 23.0 Å². The average Bonchev–Trinajstić information content (AvgIpc) is 2.67. The summed E-state index contributed by atoms with van der Waals surface area (Å²) in [4.78, 5) is 25.2.